The van der Waals surface area contributed by atoms with Gasteiger partial charge in [-0.3, -0.25) is 10.1 Å². The van der Waals surface area contributed by atoms with E-state index in [1.165, 1.54) is 29.5 Å². The molecule has 2 aromatic rings. The number of non-ortho nitro benzene ring substituents is 1. The topological polar surface area (TPSA) is 78.4 Å². The van der Waals surface area contributed by atoms with E-state index < -0.39 is 4.92 Å². The summed E-state index contributed by atoms with van der Waals surface area (Å²) >= 11 is 7.44. The van der Waals surface area contributed by atoms with Gasteiger partial charge in [0.25, 0.3) is 5.69 Å². The van der Waals surface area contributed by atoms with E-state index in [1.807, 2.05) is 12.1 Å². The second kappa shape index (κ2) is 7.09. The molecule has 0 spiro atoms. The second-order valence-corrected chi connectivity index (χ2v) is 5.51. The fourth-order valence-corrected chi connectivity index (χ4v) is 2.49. The molecule has 0 amide bonds. The highest BCUT2D eigenvalue weighted by molar-refractivity contribution is 7.12. The number of nitrogens with zero attached hydrogens (tertiary/aromatic N) is 1. The second-order valence-electron chi connectivity index (χ2n) is 3.93. The lowest BCUT2D eigenvalue weighted by atomic mass is 10.3. The van der Waals surface area contributed by atoms with Crippen molar-refractivity contribution in [2.24, 2.45) is 5.73 Å². The highest BCUT2D eigenvalue weighted by Gasteiger charge is 2.11. The van der Waals surface area contributed by atoms with Crippen LogP contribution in [0.15, 0.2) is 30.3 Å². The zero-order valence-electron chi connectivity index (χ0n) is 10.8. The fraction of sp³-hybridized carbons (Fsp3) is 0.143. The number of nitrogens with two attached hydrogens (primary N) is 1. The van der Waals surface area contributed by atoms with Crippen LogP contribution in [-0.4, -0.2) is 11.5 Å². The van der Waals surface area contributed by atoms with Crippen LogP contribution in [0.3, 0.4) is 0 Å². The normalized spacial score (nSPS) is 9.81. The van der Waals surface area contributed by atoms with E-state index in [-0.39, 0.29) is 18.0 Å². The smallest absolute Gasteiger partial charge is 0.273 e. The first-order valence-electron chi connectivity index (χ1n) is 5.94. The zero-order valence-corrected chi connectivity index (χ0v) is 12.4. The summed E-state index contributed by atoms with van der Waals surface area (Å²) in [7, 11) is 0. The molecular weight excluding hydrogens is 312 g/mol. The number of benzene rings is 1. The predicted octanol–water partition coefficient (Wildman–Crippen LogP) is 3.20. The molecule has 1 aromatic carbocycles. The van der Waals surface area contributed by atoms with Crippen molar-refractivity contribution >= 4 is 28.6 Å². The van der Waals surface area contributed by atoms with E-state index in [4.69, 9.17) is 22.1 Å². The van der Waals surface area contributed by atoms with Crippen molar-refractivity contribution < 1.29 is 9.66 Å². The average molecular weight is 323 g/mol. The van der Waals surface area contributed by atoms with Crippen LogP contribution in [0.4, 0.5) is 5.69 Å². The highest BCUT2D eigenvalue weighted by atomic mass is 35.5. The van der Waals surface area contributed by atoms with E-state index >= 15 is 0 Å². The molecule has 1 aromatic heterocycles. The van der Waals surface area contributed by atoms with Crippen LogP contribution in [-0.2, 0) is 6.61 Å². The first kappa shape index (κ1) is 15.3. The van der Waals surface area contributed by atoms with Gasteiger partial charge < -0.3 is 10.5 Å². The first-order valence-corrected chi connectivity index (χ1v) is 7.14. The van der Waals surface area contributed by atoms with Gasteiger partial charge in [0.15, 0.2) is 0 Å². The van der Waals surface area contributed by atoms with Crippen LogP contribution in [0, 0.1) is 22.0 Å². The first-order chi connectivity index (χ1) is 10.1. The van der Waals surface area contributed by atoms with E-state index in [9.17, 15) is 10.1 Å². The van der Waals surface area contributed by atoms with E-state index in [0.717, 1.165) is 9.75 Å². The molecule has 0 unspecified atom stereocenters. The molecule has 0 saturated carbocycles. The molecule has 0 radical (unpaired) electrons. The van der Waals surface area contributed by atoms with Gasteiger partial charge in [0.2, 0.25) is 0 Å². The molecule has 0 aliphatic heterocycles. The molecule has 0 bridgehead atoms. The van der Waals surface area contributed by atoms with Crippen LogP contribution in [0.1, 0.15) is 9.75 Å². The van der Waals surface area contributed by atoms with E-state index in [2.05, 4.69) is 11.8 Å². The predicted molar refractivity (Wildman–Crippen MR) is 82.7 cm³/mol. The molecule has 21 heavy (non-hydrogen) atoms. The average Bonchev–Trinajstić information content (AvgIpc) is 2.92. The minimum absolute atomic E-state index is 0.0601. The molecule has 0 aliphatic rings. The van der Waals surface area contributed by atoms with Gasteiger partial charge in [0, 0.05) is 10.9 Å². The number of nitro groups is 1. The highest BCUT2D eigenvalue weighted by Crippen LogP contribution is 2.30. The molecule has 0 atom stereocenters. The SMILES string of the molecule is NCC#Cc1ccc(COc2cc([N+](=O)[O-])ccc2Cl)s1. The van der Waals surface area contributed by atoms with Gasteiger partial charge in [-0.15, -0.1) is 11.3 Å². The number of hydrogen-bond acceptors (Lipinski definition) is 5. The van der Waals surface area contributed by atoms with E-state index in [0.29, 0.717) is 11.6 Å². The summed E-state index contributed by atoms with van der Waals surface area (Å²) in [6.45, 7) is 0.586. The van der Waals surface area contributed by atoms with Gasteiger partial charge in [0.05, 0.1) is 27.4 Å². The Morgan fingerprint density at radius 1 is 1.38 bits per heavy atom. The number of halogens is 1. The number of ether oxygens (including phenoxy) is 1. The third kappa shape index (κ3) is 4.20. The Labute approximate surface area is 130 Å². The Morgan fingerprint density at radius 3 is 2.90 bits per heavy atom. The molecule has 0 saturated heterocycles. The summed E-state index contributed by atoms with van der Waals surface area (Å²) in [5, 5.41) is 11.1. The van der Waals surface area contributed by atoms with Crippen molar-refractivity contribution in [3.63, 3.8) is 0 Å². The third-order valence-corrected chi connectivity index (χ3v) is 3.76. The van der Waals surface area contributed by atoms with Crippen molar-refractivity contribution in [3.8, 4) is 17.6 Å². The molecule has 2 N–H and O–H groups in total. The maximum Gasteiger partial charge on any atom is 0.273 e. The molecule has 2 rings (SSSR count). The molecule has 0 fully saturated rings. The van der Waals surface area contributed by atoms with Gasteiger partial charge >= 0.3 is 0 Å². The Morgan fingerprint density at radius 2 is 2.19 bits per heavy atom. The summed E-state index contributed by atoms with van der Waals surface area (Å²) in [4.78, 5) is 12.1. The lowest BCUT2D eigenvalue weighted by Crippen LogP contribution is -1.95. The Balaban J connectivity index is 2.07. The van der Waals surface area contributed by atoms with Crippen LogP contribution < -0.4 is 10.5 Å². The van der Waals surface area contributed by atoms with Crippen molar-refractivity contribution in [1.82, 2.24) is 0 Å². The van der Waals surface area contributed by atoms with Crippen molar-refractivity contribution in [1.29, 1.82) is 0 Å². The lowest BCUT2D eigenvalue weighted by Gasteiger charge is -2.06. The van der Waals surface area contributed by atoms with Crippen LogP contribution >= 0.6 is 22.9 Å². The fourth-order valence-electron chi connectivity index (χ4n) is 1.53. The standard InChI is InChI=1S/C14H11ClN2O3S/c15-13-6-3-10(17(18)19)8-14(13)20-9-12-5-4-11(21-12)2-1-7-16/h3-6,8H,7,9,16H2. The summed E-state index contributed by atoms with van der Waals surface area (Å²) < 4.78 is 5.53. The van der Waals surface area contributed by atoms with Crippen molar-refractivity contribution in [2.75, 3.05) is 6.54 Å². The molecular formula is C14H11ClN2O3S. The Kier molecular flexibility index (Phi) is 5.17. The quantitative estimate of drug-likeness (QED) is 0.532. The van der Waals surface area contributed by atoms with Crippen LogP contribution in [0.5, 0.6) is 5.75 Å². The lowest BCUT2D eigenvalue weighted by molar-refractivity contribution is -0.384. The van der Waals surface area contributed by atoms with Gasteiger partial charge in [-0.25, -0.2) is 0 Å². The van der Waals surface area contributed by atoms with Gasteiger partial charge in [-0.2, -0.15) is 0 Å². The maximum absolute atomic E-state index is 10.7. The monoisotopic (exact) mass is 322 g/mol. The number of rotatable bonds is 4. The minimum Gasteiger partial charge on any atom is -0.486 e. The van der Waals surface area contributed by atoms with Crippen molar-refractivity contribution in [3.05, 3.63) is 55.2 Å². The van der Waals surface area contributed by atoms with Crippen LogP contribution in [0.2, 0.25) is 5.02 Å². The molecule has 108 valence electrons. The molecule has 5 nitrogen and oxygen atoms in total. The summed E-state index contributed by atoms with van der Waals surface area (Å²) in [5.41, 5.74) is 5.25. The summed E-state index contributed by atoms with van der Waals surface area (Å²) in [6.07, 6.45) is 0. The third-order valence-electron chi connectivity index (χ3n) is 2.47. The van der Waals surface area contributed by atoms with Gasteiger partial charge in [-0.05, 0) is 18.2 Å². The number of thiophene rings is 1. The largest absolute Gasteiger partial charge is 0.486 e. The Hall–Kier alpha value is -2.07. The van der Waals surface area contributed by atoms with Gasteiger partial charge in [-0.1, -0.05) is 23.4 Å². The zero-order chi connectivity index (χ0) is 15.2. The molecule has 1 heterocycles. The molecule has 0 aliphatic carbocycles. The number of hydrogen-bond donors (Lipinski definition) is 1. The van der Waals surface area contributed by atoms with Crippen molar-refractivity contribution in [2.45, 2.75) is 6.61 Å². The minimum atomic E-state index is -0.491. The molecule has 7 heteroatoms. The number of nitro benzene ring substituents is 1. The maximum atomic E-state index is 10.7. The van der Waals surface area contributed by atoms with E-state index in [1.54, 1.807) is 0 Å². The van der Waals surface area contributed by atoms with Gasteiger partial charge in [0.1, 0.15) is 12.4 Å². The Bertz CT molecular complexity index is 718. The summed E-state index contributed by atoms with van der Waals surface area (Å²) in [6, 6.07) is 7.85. The summed E-state index contributed by atoms with van der Waals surface area (Å²) in [5.74, 6) is 5.99. The van der Waals surface area contributed by atoms with Crippen LogP contribution in [0.25, 0.3) is 0 Å².